The normalized spacial score (nSPS) is 13.1. The number of benzene rings is 3. The van der Waals surface area contributed by atoms with Crippen molar-refractivity contribution in [1.29, 1.82) is 0 Å². The molecule has 1 saturated carbocycles. The van der Waals surface area contributed by atoms with Crippen molar-refractivity contribution in [3.05, 3.63) is 72.3 Å². The van der Waals surface area contributed by atoms with Crippen molar-refractivity contribution in [3.8, 4) is 5.75 Å². The molecule has 1 fully saturated rings. The molecular formula is C24H24N2O3. The van der Waals surface area contributed by atoms with Gasteiger partial charge in [0, 0.05) is 13.0 Å². The first-order valence-corrected chi connectivity index (χ1v) is 9.89. The fraction of sp³-hybridized carbons (Fsp3) is 0.250. The molecule has 0 bridgehead atoms. The van der Waals surface area contributed by atoms with Crippen molar-refractivity contribution >= 4 is 28.3 Å². The summed E-state index contributed by atoms with van der Waals surface area (Å²) in [5, 5.41) is 4.92. The molecule has 2 amide bonds. The topological polar surface area (TPSA) is 58.6 Å². The molecule has 0 saturated heterocycles. The van der Waals surface area contributed by atoms with Gasteiger partial charge in [-0.15, -0.1) is 0 Å². The lowest BCUT2D eigenvalue weighted by molar-refractivity contribution is -0.117. The third-order valence-electron chi connectivity index (χ3n) is 5.11. The Labute approximate surface area is 170 Å². The fourth-order valence-electron chi connectivity index (χ4n) is 3.23. The predicted octanol–water partition coefficient (Wildman–Crippen LogP) is 4.34. The van der Waals surface area contributed by atoms with E-state index >= 15 is 0 Å². The van der Waals surface area contributed by atoms with E-state index in [0.29, 0.717) is 24.4 Å². The predicted molar refractivity (Wildman–Crippen MR) is 114 cm³/mol. The summed E-state index contributed by atoms with van der Waals surface area (Å²) >= 11 is 0. The summed E-state index contributed by atoms with van der Waals surface area (Å²) in [7, 11) is 1.75. The average molecular weight is 388 g/mol. The van der Waals surface area contributed by atoms with Crippen LogP contribution in [0.15, 0.2) is 66.7 Å². The minimum atomic E-state index is -0.140. The molecule has 0 unspecified atom stereocenters. The zero-order valence-electron chi connectivity index (χ0n) is 16.4. The molecule has 148 valence electrons. The Kier molecular flexibility index (Phi) is 5.47. The molecule has 3 aromatic carbocycles. The number of carbonyl (C=O) groups excluding carboxylic acids is 2. The minimum Gasteiger partial charge on any atom is -0.492 e. The van der Waals surface area contributed by atoms with Gasteiger partial charge in [0.05, 0.1) is 17.8 Å². The molecule has 29 heavy (non-hydrogen) atoms. The average Bonchev–Trinajstić information content (AvgIpc) is 3.59. The smallest absolute Gasteiger partial charge is 0.255 e. The van der Waals surface area contributed by atoms with Crippen LogP contribution in [0.4, 0.5) is 5.69 Å². The van der Waals surface area contributed by atoms with Crippen molar-refractivity contribution in [2.45, 2.75) is 12.8 Å². The molecular weight excluding hydrogens is 364 g/mol. The first kappa shape index (κ1) is 19.0. The molecule has 0 heterocycles. The van der Waals surface area contributed by atoms with Crippen molar-refractivity contribution in [2.24, 2.45) is 5.92 Å². The highest BCUT2D eigenvalue weighted by Crippen LogP contribution is 2.32. The summed E-state index contributed by atoms with van der Waals surface area (Å²) in [5.74, 6) is 0.695. The van der Waals surface area contributed by atoms with Crippen LogP contribution in [0.25, 0.3) is 10.8 Å². The molecule has 1 N–H and O–H groups in total. The fourth-order valence-corrected chi connectivity index (χ4v) is 3.23. The lowest BCUT2D eigenvalue weighted by Gasteiger charge is -2.20. The van der Waals surface area contributed by atoms with Crippen molar-refractivity contribution in [2.75, 3.05) is 25.5 Å². The van der Waals surface area contributed by atoms with E-state index in [4.69, 9.17) is 4.74 Å². The van der Waals surface area contributed by atoms with Crippen molar-refractivity contribution < 1.29 is 14.3 Å². The van der Waals surface area contributed by atoms with Crippen molar-refractivity contribution in [3.63, 3.8) is 0 Å². The van der Waals surface area contributed by atoms with Crippen LogP contribution in [0.1, 0.15) is 23.2 Å². The molecule has 1 aliphatic carbocycles. The van der Waals surface area contributed by atoms with Gasteiger partial charge in [-0.25, -0.2) is 0 Å². The highest BCUT2D eigenvalue weighted by atomic mass is 16.5. The Morgan fingerprint density at radius 1 is 1.00 bits per heavy atom. The lowest BCUT2D eigenvalue weighted by atomic mass is 10.0. The summed E-state index contributed by atoms with van der Waals surface area (Å²) < 4.78 is 5.70. The van der Waals surface area contributed by atoms with Crippen LogP contribution in [0, 0.1) is 5.92 Å². The monoisotopic (exact) mass is 388 g/mol. The molecule has 0 spiro atoms. The Hall–Kier alpha value is -3.34. The van der Waals surface area contributed by atoms with E-state index in [1.807, 2.05) is 66.7 Å². The Morgan fingerprint density at radius 2 is 1.66 bits per heavy atom. The van der Waals surface area contributed by atoms with Gasteiger partial charge >= 0.3 is 0 Å². The second-order valence-corrected chi connectivity index (χ2v) is 7.40. The first-order valence-electron chi connectivity index (χ1n) is 9.89. The summed E-state index contributed by atoms with van der Waals surface area (Å²) in [5.41, 5.74) is 1.07. The summed E-state index contributed by atoms with van der Waals surface area (Å²) in [6.07, 6.45) is 1.83. The quantitative estimate of drug-likeness (QED) is 0.655. The number of ether oxygens (including phenoxy) is 1. The van der Waals surface area contributed by atoms with Crippen LogP contribution in [-0.4, -0.2) is 36.9 Å². The highest BCUT2D eigenvalue weighted by molar-refractivity contribution is 6.08. The van der Waals surface area contributed by atoms with Crippen LogP contribution >= 0.6 is 0 Å². The maximum atomic E-state index is 13.1. The van der Waals surface area contributed by atoms with Crippen LogP contribution in [0.5, 0.6) is 5.75 Å². The van der Waals surface area contributed by atoms with E-state index in [9.17, 15) is 9.59 Å². The molecule has 0 atom stereocenters. The van der Waals surface area contributed by atoms with Gasteiger partial charge in [-0.1, -0.05) is 42.5 Å². The molecule has 3 aromatic rings. The lowest BCUT2D eigenvalue weighted by Crippen LogP contribution is -2.31. The number of likely N-dealkylation sites (N-methyl/N-ethyl adjacent to an activating group) is 1. The van der Waals surface area contributed by atoms with Gasteiger partial charge in [0.1, 0.15) is 12.4 Å². The van der Waals surface area contributed by atoms with E-state index in [1.54, 1.807) is 11.9 Å². The van der Waals surface area contributed by atoms with E-state index in [2.05, 4.69) is 5.32 Å². The van der Waals surface area contributed by atoms with Gasteiger partial charge in [0.25, 0.3) is 5.91 Å². The number of nitrogens with zero attached hydrogens (tertiary/aromatic N) is 1. The summed E-state index contributed by atoms with van der Waals surface area (Å²) in [4.78, 5) is 27.1. The zero-order chi connectivity index (χ0) is 20.2. The summed E-state index contributed by atoms with van der Waals surface area (Å²) in [6.45, 7) is 0.833. The van der Waals surface area contributed by atoms with E-state index in [1.165, 1.54) is 0 Å². The zero-order valence-corrected chi connectivity index (χ0v) is 16.4. The number of anilines is 1. The van der Waals surface area contributed by atoms with Gasteiger partial charge in [-0.3, -0.25) is 9.59 Å². The Balaban J connectivity index is 1.52. The van der Waals surface area contributed by atoms with E-state index in [-0.39, 0.29) is 17.7 Å². The van der Waals surface area contributed by atoms with Crippen molar-refractivity contribution in [1.82, 2.24) is 4.90 Å². The van der Waals surface area contributed by atoms with Crippen LogP contribution in [-0.2, 0) is 4.79 Å². The van der Waals surface area contributed by atoms with Gasteiger partial charge in [-0.2, -0.15) is 0 Å². The van der Waals surface area contributed by atoms with E-state index < -0.39 is 0 Å². The number of nitrogens with one attached hydrogen (secondary N) is 1. The molecule has 0 radical (unpaired) electrons. The second kappa shape index (κ2) is 8.35. The SMILES string of the molecule is CN(CCOc1ccccc1)C(=O)c1cc2ccccc2cc1NC(=O)C1CC1. The number of hydrogen-bond donors (Lipinski definition) is 1. The van der Waals surface area contributed by atoms with Crippen LogP contribution in [0.2, 0.25) is 0 Å². The molecule has 1 aliphatic rings. The van der Waals surface area contributed by atoms with Crippen LogP contribution < -0.4 is 10.1 Å². The van der Waals surface area contributed by atoms with Gasteiger partial charge in [0.2, 0.25) is 5.91 Å². The minimum absolute atomic E-state index is 0.00982. The van der Waals surface area contributed by atoms with Gasteiger partial charge in [0.15, 0.2) is 0 Å². The number of rotatable bonds is 7. The third-order valence-corrected chi connectivity index (χ3v) is 5.11. The Morgan fingerprint density at radius 3 is 2.34 bits per heavy atom. The maximum absolute atomic E-state index is 13.1. The molecule has 5 nitrogen and oxygen atoms in total. The Bertz CT molecular complexity index is 1030. The molecule has 0 aliphatic heterocycles. The molecule has 5 heteroatoms. The molecule has 4 rings (SSSR count). The second-order valence-electron chi connectivity index (χ2n) is 7.40. The van der Waals surface area contributed by atoms with Gasteiger partial charge in [-0.05, 0) is 47.9 Å². The number of hydrogen-bond acceptors (Lipinski definition) is 3. The number of para-hydroxylation sites is 1. The standard InChI is InChI=1S/C24H24N2O3/c1-26(13-14-29-20-9-3-2-4-10-20)24(28)21-15-18-7-5-6-8-19(18)16-22(21)25-23(27)17-11-12-17/h2-10,15-17H,11-14H2,1H3,(H,25,27). The largest absolute Gasteiger partial charge is 0.492 e. The summed E-state index contributed by atoms with van der Waals surface area (Å²) in [6, 6.07) is 21.1. The number of carbonyl (C=O) groups is 2. The number of amides is 2. The van der Waals surface area contributed by atoms with Gasteiger partial charge < -0.3 is 15.0 Å². The maximum Gasteiger partial charge on any atom is 0.255 e. The highest BCUT2D eigenvalue weighted by Gasteiger charge is 2.30. The first-order chi connectivity index (χ1) is 14.1. The van der Waals surface area contributed by atoms with Crippen LogP contribution in [0.3, 0.4) is 0 Å². The molecule has 0 aromatic heterocycles. The third kappa shape index (κ3) is 4.57. The number of fused-ring (bicyclic) bond motifs is 1. The van der Waals surface area contributed by atoms with E-state index in [0.717, 1.165) is 29.4 Å².